The SMILES string of the molecule is OCc1nnc(Oc2ccc3c(c2)OCO3)s1. The topological polar surface area (TPSA) is 73.7 Å². The van der Waals surface area contributed by atoms with Crippen LogP contribution in [0, 0.1) is 0 Å². The molecule has 0 atom stereocenters. The molecule has 1 aromatic heterocycles. The largest absolute Gasteiger partial charge is 0.454 e. The molecule has 6 nitrogen and oxygen atoms in total. The van der Waals surface area contributed by atoms with Crippen molar-refractivity contribution in [3.63, 3.8) is 0 Å². The lowest BCUT2D eigenvalue weighted by atomic mass is 10.3. The van der Waals surface area contributed by atoms with Gasteiger partial charge in [0.1, 0.15) is 10.8 Å². The summed E-state index contributed by atoms with van der Waals surface area (Å²) in [5.41, 5.74) is 0. The zero-order chi connectivity index (χ0) is 11.7. The van der Waals surface area contributed by atoms with E-state index in [1.54, 1.807) is 18.2 Å². The summed E-state index contributed by atoms with van der Waals surface area (Å²) in [6.07, 6.45) is 0. The molecule has 1 N–H and O–H groups in total. The highest BCUT2D eigenvalue weighted by Crippen LogP contribution is 2.36. The lowest BCUT2D eigenvalue weighted by molar-refractivity contribution is 0.174. The van der Waals surface area contributed by atoms with Crippen molar-refractivity contribution in [1.29, 1.82) is 0 Å². The molecule has 17 heavy (non-hydrogen) atoms. The van der Waals surface area contributed by atoms with Gasteiger partial charge in [-0.15, -0.1) is 5.10 Å². The van der Waals surface area contributed by atoms with Crippen LogP contribution in [0.3, 0.4) is 0 Å². The van der Waals surface area contributed by atoms with Gasteiger partial charge in [-0.1, -0.05) is 16.4 Å². The highest BCUT2D eigenvalue weighted by molar-refractivity contribution is 7.13. The fraction of sp³-hybridized carbons (Fsp3) is 0.200. The Kier molecular flexibility index (Phi) is 2.54. The van der Waals surface area contributed by atoms with Gasteiger partial charge < -0.3 is 19.3 Å². The Labute approximate surface area is 100 Å². The summed E-state index contributed by atoms with van der Waals surface area (Å²) < 4.78 is 15.9. The van der Waals surface area contributed by atoms with E-state index in [0.717, 1.165) is 0 Å². The van der Waals surface area contributed by atoms with Crippen LogP contribution in [-0.4, -0.2) is 22.1 Å². The lowest BCUT2D eigenvalue weighted by Crippen LogP contribution is -1.92. The highest BCUT2D eigenvalue weighted by Gasteiger charge is 2.14. The lowest BCUT2D eigenvalue weighted by Gasteiger charge is -2.01. The number of aromatic nitrogens is 2. The summed E-state index contributed by atoms with van der Waals surface area (Å²) in [5.74, 6) is 1.94. The fourth-order valence-electron chi connectivity index (χ4n) is 1.38. The number of fused-ring (bicyclic) bond motifs is 1. The second-order valence-corrected chi connectivity index (χ2v) is 4.26. The van der Waals surface area contributed by atoms with Gasteiger partial charge in [0.25, 0.3) is 5.19 Å². The van der Waals surface area contributed by atoms with Crippen LogP contribution in [0.15, 0.2) is 18.2 Å². The van der Waals surface area contributed by atoms with E-state index in [4.69, 9.17) is 19.3 Å². The van der Waals surface area contributed by atoms with E-state index in [0.29, 0.717) is 27.4 Å². The molecule has 1 aliphatic rings. The maximum atomic E-state index is 8.86. The van der Waals surface area contributed by atoms with Crippen molar-refractivity contribution in [2.24, 2.45) is 0 Å². The van der Waals surface area contributed by atoms with E-state index in [1.807, 2.05) is 0 Å². The Morgan fingerprint density at radius 3 is 3.00 bits per heavy atom. The second kappa shape index (κ2) is 4.19. The molecule has 0 radical (unpaired) electrons. The van der Waals surface area contributed by atoms with E-state index in [9.17, 15) is 0 Å². The molecule has 88 valence electrons. The normalized spacial score (nSPS) is 12.8. The zero-order valence-electron chi connectivity index (χ0n) is 8.62. The molecule has 0 fully saturated rings. The third-order valence-corrected chi connectivity index (χ3v) is 2.92. The minimum absolute atomic E-state index is 0.137. The van der Waals surface area contributed by atoms with Gasteiger partial charge in [0.2, 0.25) is 6.79 Å². The Balaban J connectivity index is 1.80. The predicted octanol–water partition coefficient (Wildman–Crippen LogP) is 1.55. The number of hydrogen-bond donors (Lipinski definition) is 1. The van der Waals surface area contributed by atoms with Gasteiger partial charge in [-0.25, -0.2) is 0 Å². The number of aliphatic hydroxyl groups excluding tert-OH is 1. The predicted molar refractivity (Wildman–Crippen MR) is 58.5 cm³/mol. The highest BCUT2D eigenvalue weighted by atomic mass is 32.1. The molecule has 2 heterocycles. The van der Waals surface area contributed by atoms with Crippen molar-refractivity contribution in [3.8, 4) is 22.4 Å². The Morgan fingerprint density at radius 1 is 1.29 bits per heavy atom. The first-order valence-corrected chi connectivity index (χ1v) is 5.67. The van der Waals surface area contributed by atoms with Crippen molar-refractivity contribution in [1.82, 2.24) is 10.2 Å². The van der Waals surface area contributed by atoms with E-state index in [2.05, 4.69) is 10.2 Å². The molecule has 2 aromatic rings. The van der Waals surface area contributed by atoms with Crippen LogP contribution in [0.5, 0.6) is 22.4 Å². The smallest absolute Gasteiger partial charge is 0.299 e. The van der Waals surface area contributed by atoms with Gasteiger partial charge >= 0.3 is 0 Å². The molecule has 0 bridgehead atoms. The molecule has 1 aromatic carbocycles. The third kappa shape index (κ3) is 2.02. The molecule has 0 aliphatic carbocycles. The van der Waals surface area contributed by atoms with Crippen molar-refractivity contribution < 1.29 is 19.3 Å². The first-order chi connectivity index (χ1) is 8.35. The van der Waals surface area contributed by atoms with Crippen LogP contribution in [0.2, 0.25) is 0 Å². The molecule has 7 heteroatoms. The fourth-order valence-corrected chi connectivity index (χ4v) is 1.95. The van der Waals surface area contributed by atoms with Crippen LogP contribution in [0.4, 0.5) is 0 Å². The zero-order valence-corrected chi connectivity index (χ0v) is 9.44. The maximum absolute atomic E-state index is 8.86. The maximum Gasteiger partial charge on any atom is 0.299 e. The average Bonchev–Trinajstić information content (AvgIpc) is 2.96. The van der Waals surface area contributed by atoms with E-state index in [1.165, 1.54) is 11.3 Å². The quantitative estimate of drug-likeness (QED) is 0.893. The summed E-state index contributed by atoms with van der Waals surface area (Å²) in [4.78, 5) is 0. The van der Waals surface area contributed by atoms with Crippen LogP contribution >= 0.6 is 11.3 Å². The average molecular weight is 252 g/mol. The molecular formula is C10H8N2O4S. The van der Waals surface area contributed by atoms with Crippen LogP contribution in [0.25, 0.3) is 0 Å². The summed E-state index contributed by atoms with van der Waals surface area (Å²) >= 11 is 1.19. The number of nitrogens with zero attached hydrogens (tertiary/aromatic N) is 2. The molecular weight excluding hydrogens is 244 g/mol. The summed E-state index contributed by atoms with van der Waals surface area (Å²) in [5, 5.41) is 17.3. The van der Waals surface area contributed by atoms with Gasteiger partial charge in [0.15, 0.2) is 11.5 Å². The van der Waals surface area contributed by atoms with Crippen molar-refractivity contribution >= 4 is 11.3 Å². The van der Waals surface area contributed by atoms with Crippen molar-refractivity contribution in [2.45, 2.75) is 6.61 Å². The summed E-state index contributed by atoms with van der Waals surface area (Å²) in [6, 6.07) is 5.25. The molecule has 3 rings (SSSR count). The van der Waals surface area contributed by atoms with Crippen LogP contribution in [0.1, 0.15) is 5.01 Å². The molecule has 0 saturated heterocycles. The standard InChI is InChI=1S/C10H8N2O4S/c13-4-9-11-12-10(17-9)16-6-1-2-7-8(3-6)15-5-14-7/h1-3,13H,4-5H2. The van der Waals surface area contributed by atoms with Gasteiger partial charge in [0.05, 0.1) is 6.61 Å². The minimum atomic E-state index is -0.137. The number of benzene rings is 1. The molecule has 0 saturated carbocycles. The van der Waals surface area contributed by atoms with Gasteiger partial charge in [-0.3, -0.25) is 0 Å². The molecule has 0 spiro atoms. The van der Waals surface area contributed by atoms with Gasteiger partial charge in [0, 0.05) is 6.07 Å². The summed E-state index contributed by atoms with van der Waals surface area (Å²) in [6.45, 7) is 0.0917. The third-order valence-electron chi connectivity index (χ3n) is 2.13. The number of ether oxygens (including phenoxy) is 3. The van der Waals surface area contributed by atoms with Gasteiger partial charge in [-0.2, -0.15) is 0 Å². The van der Waals surface area contributed by atoms with Gasteiger partial charge in [-0.05, 0) is 12.1 Å². The Hall–Kier alpha value is -1.86. The number of hydrogen-bond acceptors (Lipinski definition) is 7. The minimum Gasteiger partial charge on any atom is -0.454 e. The number of rotatable bonds is 3. The monoisotopic (exact) mass is 252 g/mol. The van der Waals surface area contributed by atoms with E-state index >= 15 is 0 Å². The van der Waals surface area contributed by atoms with Crippen LogP contribution in [-0.2, 0) is 6.61 Å². The van der Waals surface area contributed by atoms with E-state index in [-0.39, 0.29) is 13.4 Å². The first kappa shape index (κ1) is 10.3. The molecule has 0 unspecified atom stereocenters. The summed E-state index contributed by atoms with van der Waals surface area (Å²) in [7, 11) is 0. The molecule has 1 aliphatic heterocycles. The van der Waals surface area contributed by atoms with Crippen LogP contribution < -0.4 is 14.2 Å². The van der Waals surface area contributed by atoms with E-state index < -0.39 is 0 Å². The molecule has 0 amide bonds. The Morgan fingerprint density at radius 2 is 2.18 bits per heavy atom. The second-order valence-electron chi connectivity index (χ2n) is 3.24. The number of aliphatic hydroxyl groups is 1. The Bertz CT molecular complexity index is 543. The van der Waals surface area contributed by atoms with Crippen molar-refractivity contribution in [3.05, 3.63) is 23.2 Å². The first-order valence-electron chi connectivity index (χ1n) is 4.86. The van der Waals surface area contributed by atoms with Crippen molar-refractivity contribution in [2.75, 3.05) is 6.79 Å².